The van der Waals surface area contributed by atoms with Crippen LogP contribution < -0.4 is 0 Å². The van der Waals surface area contributed by atoms with Crippen LogP contribution in [0.5, 0.6) is 0 Å². The number of ether oxygens (including phenoxy) is 1. The molecule has 1 amide bonds. The highest BCUT2D eigenvalue weighted by atomic mass is 35.5. The van der Waals surface area contributed by atoms with Crippen molar-refractivity contribution >= 4 is 17.7 Å². The summed E-state index contributed by atoms with van der Waals surface area (Å²) in [5, 5.41) is 0.521. The second kappa shape index (κ2) is 6.65. The molecule has 0 aromatic carbocycles. The average molecular weight is 311 g/mol. The molecule has 2 rings (SSSR count). The number of rotatable bonds is 2. The molecule has 21 heavy (non-hydrogen) atoms. The van der Waals surface area contributed by atoms with E-state index in [0.29, 0.717) is 11.1 Å². The fourth-order valence-electron chi connectivity index (χ4n) is 2.63. The highest BCUT2D eigenvalue weighted by Crippen LogP contribution is 2.23. The Bertz CT molecular complexity index is 499. The number of carbonyl (C=O) groups is 1. The van der Waals surface area contributed by atoms with Gasteiger partial charge >= 0.3 is 6.09 Å². The van der Waals surface area contributed by atoms with Crippen molar-refractivity contribution in [1.82, 2.24) is 9.88 Å². The quantitative estimate of drug-likeness (QED) is 0.777. The third kappa shape index (κ3) is 5.20. The SMILES string of the molecule is CC(C)(C)OC(=O)N1CCCC(Cc2ccnc(Cl)c2)C1. The molecule has 0 aliphatic carbocycles. The summed E-state index contributed by atoms with van der Waals surface area (Å²) >= 11 is 5.92. The molecule has 1 aromatic rings. The minimum Gasteiger partial charge on any atom is -0.444 e. The van der Waals surface area contributed by atoms with Crippen LogP contribution in [-0.2, 0) is 11.2 Å². The summed E-state index contributed by atoms with van der Waals surface area (Å²) in [7, 11) is 0. The van der Waals surface area contributed by atoms with Crippen LogP contribution in [-0.4, -0.2) is 34.7 Å². The number of pyridine rings is 1. The highest BCUT2D eigenvalue weighted by Gasteiger charge is 2.27. The summed E-state index contributed by atoms with van der Waals surface area (Å²) in [5.74, 6) is 0.449. The van der Waals surface area contributed by atoms with Crippen LogP contribution in [0.2, 0.25) is 5.15 Å². The van der Waals surface area contributed by atoms with Crippen LogP contribution in [0.3, 0.4) is 0 Å². The molecular formula is C16H23ClN2O2. The second-order valence-corrected chi connectivity index (χ2v) is 7.01. The predicted molar refractivity (Wildman–Crippen MR) is 83.5 cm³/mol. The zero-order valence-electron chi connectivity index (χ0n) is 12.9. The molecule has 1 atom stereocenters. The first-order chi connectivity index (χ1) is 9.83. The second-order valence-electron chi connectivity index (χ2n) is 6.63. The Hall–Kier alpha value is -1.29. The van der Waals surface area contributed by atoms with E-state index >= 15 is 0 Å². The van der Waals surface area contributed by atoms with Gasteiger partial charge in [-0.1, -0.05) is 11.6 Å². The first kappa shape index (κ1) is 16.1. The number of aromatic nitrogens is 1. The molecule has 1 aromatic heterocycles. The number of hydrogen-bond acceptors (Lipinski definition) is 3. The summed E-state index contributed by atoms with van der Waals surface area (Å²) in [4.78, 5) is 18.0. The summed E-state index contributed by atoms with van der Waals surface area (Å²) in [6.45, 7) is 7.21. The molecule has 1 fully saturated rings. The number of carbonyl (C=O) groups excluding carboxylic acids is 1. The third-order valence-corrected chi connectivity index (χ3v) is 3.69. The number of likely N-dealkylation sites (tertiary alicyclic amines) is 1. The van der Waals surface area contributed by atoms with Crippen molar-refractivity contribution in [2.45, 2.75) is 45.6 Å². The molecule has 0 spiro atoms. The largest absolute Gasteiger partial charge is 0.444 e. The van der Waals surface area contributed by atoms with Crippen molar-refractivity contribution in [1.29, 1.82) is 0 Å². The standard InChI is InChI=1S/C16H23ClN2O2/c1-16(2,3)21-15(20)19-8-4-5-13(11-19)9-12-6-7-18-14(17)10-12/h6-7,10,13H,4-5,8-9,11H2,1-3H3. The molecule has 5 heteroatoms. The molecule has 0 N–H and O–H groups in total. The van der Waals surface area contributed by atoms with E-state index in [2.05, 4.69) is 4.98 Å². The maximum absolute atomic E-state index is 12.1. The fourth-order valence-corrected chi connectivity index (χ4v) is 2.82. The lowest BCUT2D eigenvalue weighted by Gasteiger charge is -2.34. The normalized spacial score (nSPS) is 19.4. The Morgan fingerprint density at radius 2 is 2.29 bits per heavy atom. The zero-order valence-corrected chi connectivity index (χ0v) is 13.7. The zero-order chi connectivity index (χ0) is 15.5. The topological polar surface area (TPSA) is 42.4 Å². The van der Waals surface area contributed by atoms with Crippen LogP contribution in [0.15, 0.2) is 18.3 Å². The molecule has 2 heterocycles. The summed E-state index contributed by atoms with van der Waals surface area (Å²) in [6, 6.07) is 3.88. The van der Waals surface area contributed by atoms with E-state index < -0.39 is 5.60 Å². The molecule has 116 valence electrons. The smallest absolute Gasteiger partial charge is 0.410 e. The lowest BCUT2D eigenvalue weighted by molar-refractivity contribution is 0.0166. The van der Waals surface area contributed by atoms with Crippen molar-refractivity contribution in [3.63, 3.8) is 0 Å². The Kier molecular flexibility index (Phi) is 5.09. The van der Waals surface area contributed by atoms with Crippen molar-refractivity contribution in [2.24, 2.45) is 5.92 Å². The third-order valence-electron chi connectivity index (χ3n) is 3.49. The molecule has 0 bridgehead atoms. The Morgan fingerprint density at radius 3 is 2.95 bits per heavy atom. The lowest BCUT2D eigenvalue weighted by Crippen LogP contribution is -2.43. The van der Waals surface area contributed by atoms with E-state index in [1.807, 2.05) is 37.8 Å². The van der Waals surface area contributed by atoms with Crippen molar-refractivity contribution in [3.05, 3.63) is 29.0 Å². The minimum atomic E-state index is -0.442. The molecular weight excluding hydrogens is 288 g/mol. The number of hydrogen-bond donors (Lipinski definition) is 0. The summed E-state index contributed by atoms with van der Waals surface area (Å²) < 4.78 is 5.45. The maximum atomic E-state index is 12.1. The Morgan fingerprint density at radius 1 is 1.52 bits per heavy atom. The van der Waals surface area contributed by atoms with Crippen molar-refractivity contribution in [3.8, 4) is 0 Å². The van der Waals surface area contributed by atoms with Crippen LogP contribution in [0.25, 0.3) is 0 Å². The van der Waals surface area contributed by atoms with Gasteiger partial charge in [-0.3, -0.25) is 0 Å². The molecule has 0 saturated carbocycles. The van der Waals surface area contributed by atoms with E-state index in [0.717, 1.165) is 32.4 Å². The van der Waals surface area contributed by atoms with Gasteiger partial charge in [0, 0.05) is 19.3 Å². The first-order valence-corrected chi connectivity index (χ1v) is 7.79. The van der Waals surface area contributed by atoms with Gasteiger partial charge in [-0.25, -0.2) is 9.78 Å². The van der Waals surface area contributed by atoms with Gasteiger partial charge in [0.15, 0.2) is 0 Å². The molecule has 4 nitrogen and oxygen atoms in total. The summed E-state index contributed by atoms with van der Waals surface area (Å²) in [5.41, 5.74) is 0.730. The van der Waals surface area contributed by atoms with E-state index in [1.165, 1.54) is 5.56 Å². The molecule has 1 aliphatic heterocycles. The molecule has 1 aliphatic rings. The van der Waals surface area contributed by atoms with E-state index in [9.17, 15) is 4.79 Å². The van der Waals surface area contributed by atoms with E-state index in [4.69, 9.17) is 16.3 Å². The van der Waals surface area contributed by atoms with Crippen molar-refractivity contribution in [2.75, 3.05) is 13.1 Å². The molecule has 0 radical (unpaired) electrons. The van der Waals surface area contributed by atoms with Crippen LogP contribution in [0.1, 0.15) is 39.2 Å². The fraction of sp³-hybridized carbons (Fsp3) is 0.625. The molecule has 1 saturated heterocycles. The highest BCUT2D eigenvalue weighted by molar-refractivity contribution is 6.29. The van der Waals surface area contributed by atoms with E-state index in [-0.39, 0.29) is 6.09 Å². The Balaban J connectivity index is 1.93. The van der Waals surface area contributed by atoms with Gasteiger partial charge in [-0.2, -0.15) is 0 Å². The van der Waals surface area contributed by atoms with Crippen LogP contribution >= 0.6 is 11.6 Å². The van der Waals surface area contributed by atoms with Crippen molar-refractivity contribution < 1.29 is 9.53 Å². The maximum Gasteiger partial charge on any atom is 0.410 e. The number of amides is 1. The number of nitrogens with zero attached hydrogens (tertiary/aromatic N) is 2. The van der Waals surface area contributed by atoms with Gasteiger partial charge in [0.25, 0.3) is 0 Å². The van der Waals surface area contributed by atoms with E-state index in [1.54, 1.807) is 6.20 Å². The monoisotopic (exact) mass is 310 g/mol. The Labute approximate surface area is 131 Å². The minimum absolute atomic E-state index is 0.208. The lowest BCUT2D eigenvalue weighted by atomic mass is 9.92. The van der Waals surface area contributed by atoms with Gasteiger partial charge in [0.2, 0.25) is 0 Å². The average Bonchev–Trinajstić information content (AvgIpc) is 2.37. The first-order valence-electron chi connectivity index (χ1n) is 7.42. The molecule has 1 unspecified atom stereocenters. The van der Waals surface area contributed by atoms with Crippen LogP contribution in [0, 0.1) is 5.92 Å². The van der Waals surface area contributed by atoms with Gasteiger partial charge in [0.1, 0.15) is 10.8 Å². The van der Waals surface area contributed by atoms with Gasteiger partial charge in [0.05, 0.1) is 0 Å². The van der Waals surface area contributed by atoms with Gasteiger partial charge < -0.3 is 9.64 Å². The number of halogens is 1. The van der Waals surface area contributed by atoms with Gasteiger partial charge in [-0.15, -0.1) is 0 Å². The van der Waals surface area contributed by atoms with Gasteiger partial charge in [-0.05, 0) is 63.6 Å². The summed E-state index contributed by atoms with van der Waals surface area (Å²) in [6.07, 6.45) is 4.58. The predicted octanol–water partition coefficient (Wildman–Crippen LogP) is 3.92. The number of piperidine rings is 1. The van der Waals surface area contributed by atoms with Crippen LogP contribution in [0.4, 0.5) is 4.79 Å².